The molecule has 4 nitrogen and oxygen atoms in total. The molecule has 0 radical (unpaired) electrons. The molecule has 3 atom stereocenters. The van der Waals surface area contributed by atoms with Gasteiger partial charge in [-0.3, -0.25) is 4.79 Å². The molecular weight excluding hydrogens is 242 g/mol. The Balaban J connectivity index is 1.77. The molecule has 2 aliphatic heterocycles. The predicted molar refractivity (Wildman–Crippen MR) is 74.1 cm³/mol. The van der Waals surface area contributed by atoms with Gasteiger partial charge in [-0.15, -0.1) is 0 Å². The average Bonchev–Trinajstić information content (AvgIpc) is 2.39. The van der Waals surface area contributed by atoms with Gasteiger partial charge in [0, 0.05) is 26.1 Å². The van der Waals surface area contributed by atoms with Gasteiger partial charge in [-0.05, 0) is 50.0 Å². The second kappa shape index (κ2) is 7.25. The summed E-state index contributed by atoms with van der Waals surface area (Å²) in [5, 5.41) is 8.91. The van der Waals surface area contributed by atoms with Crippen LogP contribution in [-0.2, 0) is 9.53 Å². The highest BCUT2D eigenvalue weighted by molar-refractivity contribution is 5.66. The molecule has 0 saturated carbocycles. The molecule has 0 aromatic carbocycles. The summed E-state index contributed by atoms with van der Waals surface area (Å²) in [4.78, 5) is 13.4. The quantitative estimate of drug-likeness (QED) is 0.831. The maximum absolute atomic E-state index is 10.8. The van der Waals surface area contributed by atoms with Crippen molar-refractivity contribution in [1.82, 2.24) is 4.90 Å². The first-order valence-electron chi connectivity index (χ1n) is 7.67. The molecule has 0 bridgehead atoms. The summed E-state index contributed by atoms with van der Waals surface area (Å²) in [6.07, 6.45) is 5.18. The van der Waals surface area contributed by atoms with Gasteiger partial charge >= 0.3 is 5.97 Å². The van der Waals surface area contributed by atoms with Crippen LogP contribution in [0.2, 0.25) is 0 Å². The van der Waals surface area contributed by atoms with E-state index >= 15 is 0 Å². The van der Waals surface area contributed by atoms with E-state index in [4.69, 9.17) is 9.84 Å². The highest BCUT2D eigenvalue weighted by Crippen LogP contribution is 2.27. The molecule has 2 fully saturated rings. The molecule has 19 heavy (non-hydrogen) atoms. The highest BCUT2D eigenvalue weighted by atomic mass is 16.5. The van der Waals surface area contributed by atoms with E-state index in [1.807, 2.05) is 0 Å². The van der Waals surface area contributed by atoms with Crippen LogP contribution in [0.1, 0.15) is 39.0 Å². The van der Waals surface area contributed by atoms with Crippen LogP contribution in [0, 0.1) is 17.8 Å². The number of carboxylic acids is 1. The molecule has 4 heteroatoms. The van der Waals surface area contributed by atoms with E-state index in [0.29, 0.717) is 24.2 Å². The monoisotopic (exact) mass is 269 g/mol. The average molecular weight is 269 g/mol. The van der Waals surface area contributed by atoms with E-state index in [1.165, 1.54) is 32.2 Å². The van der Waals surface area contributed by atoms with Crippen LogP contribution < -0.4 is 0 Å². The molecule has 0 aromatic rings. The van der Waals surface area contributed by atoms with E-state index in [-0.39, 0.29) is 0 Å². The SMILES string of the molecule is CC(CC(=O)O)C1CCCN(CC2CCCOC2)C1. The molecule has 0 aliphatic carbocycles. The van der Waals surface area contributed by atoms with Gasteiger partial charge in [0.05, 0.1) is 6.61 Å². The molecule has 2 heterocycles. The van der Waals surface area contributed by atoms with E-state index in [1.54, 1.807) is 0 Å². The van der Waals surface area contributed by atoms with Crippen molar-refractivity contribution >= 4 is 5.97 Å². The number of likely N-dealkylation sites (tertiary alicyclic amines) is 1. The summed E-state index contributed by atoms with van der Waals surface area (Å²) in [5.41, 5.74) is 0. The summed E-state index contributed by atoms with van der Waals surface area (Å²) < 4.78 is 5.55. The maximum Gasteiger partial charge on any atom is 0.303 e. The van der Waals surface area contributed by atoms with Crippen molar-refractivity contribution in [3.05, 3.63) is 0 Å². The minimum atomic E-state index is -0.662. The summed E-state index contributed by atoms with van der Waals surface area (Å²) in [5.74, 6) is 0.866. The van der Waals surface area contributed by atoms with Crippen molar-refractivity contribution in [2.45, 2.75) is 39.0 Å². The lowest BCUT2D eigenvalue weighted by atomic mass is 9.84. The standard InChI is InChI=1S/C15H27NO3/c1-12(8-15(17)18)14-5-2-6-16(10-14)9-13-4-3-7-19-11-13/h12-14H,2-11H2,1H3,(H,17,18). The number of carboxylic acid groups (broad SMARTS) is 1. The van der Waals surface area contributed by atoms with Gasteiger partial charge in [-0.25, -0.2) is 0 Å². The molecule has 0 amide bonds. The zero-order chi connectivity index (χ0) is 13.7. The van der Waals surface area contributed by atoms with Crippen LogP contribution >= 0.6 is 0 Å². The number of carbonyl (C=O) groups is 1. The third-order valence-electron chi connectivity index (χ3n) is 4.61. The Morgan fingerprint density at radius 3 is 2.95 bits per heavy atom. The van der Waals surface area contributed by atoms with E-state index in [0.717, 1.165) is 26.3 Å². The fraction of sp³-hybridized carbons (Fsp3) is 0.933. The number of nitrogens with zero attached hydrogens (tertiary/aromatic N) is 1. The second-order valence-electron chi connectivity index (χ2n) is 6.32. The fourth-order valence-electron chi connectivity index (χ4n) is 3.48. The zero-order valence-corrected chi connectivity index (χ0v) is 12.0. The first-order valence-corrected chi connectivity index (χ1v) is 7.67. The lowest BCUT2D eigenvalue weighted by molar-refractivity contribution is -0.138. The lowest BCUT2D eigenvalue weighted by Gasteiger charge is -2.38. The van der Waals surface area contributed by atoms with Gasteiger partial charge < -0.3 is 14.7 Å². The van der Waals surface area contributed by atoms with Crippen molar-refractivity contribution < 1.29 is 14.6 Å². The van der Waals surface area contributed by atoms with Crippen LogP contribution in [0.4, 0.5) is 0 Å². The molecule has 1 N–H and O–H groups in total. The summed E-state index contributed by atoms with van der Waals surface area (Å²) in [7, 11) is 0. The van der Waals surface area contributed by atoms with Gasteiger partial charge in [-0.2, -0.15) is 0 Å². The second-order valence-corrected chi connectivity index (χ2v) is 6.32. The Morgan fingerprint density at radius 2 is 2.26 bits per heavy atom. The minimum absolute atomic E-state index is 0.294. The molecule has 2 rings (SSSR count). The molecular formula is C15H27NO3. The molecule has 3 unspecified atom stereocenters. The third-order valence-corrected chi connectivity index (χ3v) is 4.61. The fourth-order valence-corrected chi connectivity index (χ4v) is 3.48. The Hall–Kier alpha value is -0.610. The number of hydrogen-bond acceptors (Lipinski definition) is 3. The first kappa shape index (κ1) is 14.8. The Kier molecular flexibility index (Phi) is 5.64. The number of ether oxygens (including phenoxy) is 1. The number of rotatable bonds is 5. The van der Waals surface area contributed by atoms with E-state index in [9.17, 15) is 4.79 Å². The van der Waals surface area contributed by atoms with Crippen LogP contribution in [-0.4, -0.2) is 48.8 Å². The first-order chi connectivity index (χ1) is 9.15. The highest BCUT2D eigenvalue weighted by Gasteiger charge is 2.27. The number of aliphatic carboxylic acids is 1. The number of piperidine rings is 1. The lowest BCUT2D eigenvalue weighted by Crippen LogP contribution is -2.42. The van der Waals surface area contributed by atoms with Crippen LogP contribution in [0.15, 0.2) is 0 Å². The minimum Gasteiger partial charge on any atom is -0.481 e. The van der Waals surface area contributed by atoms with Crippen molar-refractivity contribution in [2.24, 2.45) is 17.8 Å². The van der Waals surface area contributed by atoms with Gasteiger partial charge in [0.1, 0.15) is 0 Å². The van der Waals surface area contributed by atoms with Crippen LogP contribution in [0.3, 0.4) is 0 Å². The topological polar surface area (TPSA) is 49.8 Å². The largest absolute Gasteiger partial charge is 0.481 e. The van der Waals surface area contributed by atoms with Gasteiger partial charge in [0.15, 0.2) is 0 Å². The third kappa shape index (κ3) is 4.77. The molecule has 0 aromatic heterocycles. The van der Waals surface area contributed by atoms with Crippen molar-refractivity contribution in [3.63, 3.8) is 0 Å². The summed E-state index contributed by atoms with van der Waals surface area (Å²) >= 11 is 0. The Labute approximate surface area is 116 Å². The van der Waals surface area contributed by atoms with Crippen LogP contribution in [0.25, 0.3) is 0 Å². The Morgan fingerprint density at radius 1 is 1.42 bits per heavy atom. The normalized spacial score (nSPS) is 31.0. The maximum atomic E-state index is 10.8. The molecule has 2 saturated heterocycles. The number of hydrogen-bond donors (Lipinski definition) is 1. The van der Waals surface area contributed by atoms with Gasteiger partial charge in [0.25, 0.3) is 0 Å². The predicted octanol–water partition coefficient (Wildman–Crippen LogP) is 2.24. The summed E-state index contributed by atoms with van der Waals surface area (Å²) in [6.45, 7) is 7.31. The van der Waals surface area contributed by atoms with Gasteiger partial charge in [-0.1, -0.05) is 6.92 Å². The smallest absolute Gasteiger partial charge is 0.303 e. The Bertz CT molecular complexity index is 289. The molecule has 110 valence electrons. The molecule has 2 aliphatic rings. The van der Waals surface area contributed by atoms with Crippen LogP contribution in [0.5, 0.6) is 0 Å². The van der Waals surface area contributed by atoms with Gasteiger partial charge in [0.2, 0.25) is 0 Å². The summed E-state index contributed by atoms with van der Waals surface area (Å²) in [6, 6.07) is 0. The van der Waals surface area contributed by atoms with Crippen molar-refractivity contribution in [2.75, 3.05) is 32.8 Å². The van der Waals surface area contributed by atoms with E-state index in [2.05, 4.69) is 11.8 Å². The molecule has 0 spiro atoms. The van der Waals surface area contributed by atoms with Crippen molar-refractivity contribution in [1.29, 1.82) is 0 Å². The zero-order valence-electron chi connectivity index (χ0n) is 12.0. The van der Waals surface area contributed by atoms with E-state index < -0.39 is 5.97 Å². The van der Waals surface area contributed by atoms with Crippen molar-refractivity contribution in [3.8, 4) is 0 Å².